The Kier molecular flexibility index (Phi) is 4.20. The molecule has 0 bridgehead atoms. The second kappa shape index (κ2) is 6.28. The first kappa shape index (κ1) is 14.7. The van der Waals surface area contributed by atoms with Crippen LogP contribution in [-0.2, 0) is 4.74 Å². The maximum atomic E-state index is 12.1. The molecule has 0 aliphatic rings. The fraction of sp³-hybridized carbons (Fsp3) is 0.167. The largest absolute Gasteiger partial charge is 0.462 e. The van der Waals surface area contributed by atoms with Crippen LogP contribution in [0.25, 0.3) is 11.0 Å². The lowest BCUT2D eigenvalue weighted by Gasteiger charge is -2.03. The first-order valence-corrected chi connectivity index (χ1v) is 7.94. The Morgan fingerprint density at radius 2 is 1.91 bits per heavy atom. The molecule has 2 aromatic carbocycles. The zero-order chi connectivity index (χ0) is 15.5. The Bertz CT molecular complexity index is 806. The number of hydrogen-bond acceptors (Lipinski definition) is 4. The summed E-state index contributed by atoms with van der Waals surface area (Å²) in [4.78, 5) is 14.3. The van der Waals surface area contributed by atoms with Gasteiger partial charge in [0.15, 0.2) is 0 Å². The Balaban J connectivity index is 2.01. The van der Waals surface area contributed by atoms with E-state index in [-0.39, 0.29) is 5.97 Å². The van der Waals surface area contributed by atoms with Crippen LogP contribution in [0.4, 0.5) is 0 Å². The topological polar surface area (TPSA) is 39.4 Å². The second-order valence-corrected chi connectivity index (χ2v) is 5.97. The first-order chi connectivity index (χ1) is 10.7. The van der Waals surface area contributed by atoms with Crippen LogP contribution in [0.2, 0.25) is 0 Å². The molecule has 4 heteroatoms. The number of benzene rings is 2. The molecule has 1 aromatic heterocycles. The number of aryl methyl sites for hydroxylation is 1. The number of furan rings is 1. The molecule has 3 nitrogen and oxygen atoms in total. The van der Waals surface area contributed by atoms with Gasteiger partial charge in [-0.3, -0.25) is 0 Å². The number of hydrogen-bond donors (Lipinski definition) is 0. The minimum Gasteiger partial charge on any atom is -0.462 e. The van der Waals surface area contributed by atoms with Crippen LogP contribution < -0.4 is 0 Å². The molecule has 0 radical (unpaired) electrons. The normalized spacial score (nSPS) is 10.8. The van der Waals surface area contributed by atoms with Crippen molar-refractivity contribution in [2.45, 2.75) is 23.6 Å². The summed E-state index contributed by atoms with van der Waals surface area (Å²) in [6.07, 6.45) is 0. The van der Waals surface area contributed by atoms with E-state index < -0.39 is 0 Å². The third-order valence-corrected chi connectivity index (χ3v) is 4.29. The molecular formula is C18H16O3S. The van der Waals surface area contributed by atoms with E-state index in [2.05, 4.69) is 12.1 Å². The van der Waals surface area contributed by atoms with Crippen molar-refractivity contribution in [2.24, 2.45) is 0 Å². The van der Waals surface area contributed by atoms with Gasteiger partial charge in [-0.25, -0.2) is 4.79 Å². The Labute approximate surface area is 133 Å². The number of esters is 1. The highest BCUT2D eigenvalue weighted by Crippen LogP contribution is 2.33. The van der Waals surface area contributed by atoms with Gasteiger partial charge in [-0.05, 0) is 44.2 Å². The van der Waals surface area contributed by atoms with E-state index in [9.17, 15) is 4.79 Å². The Hall–Kier alpha value is -2.20. The average Bonchev–Trinajstić information content (AvgIpc) is 2.84. The molecule has 0 atom stereocenters. The van der Waals surface area contributed by atoms with Gasteiger partial charge in [-0.15, -0.1) is 0 Å². The van der Waals surface area contributed by atoms with Gasteiger partial charge < -0.3 is 9.15 Å². The van der Waals surface area contributed by atoms with E-state index in [1.54, 1.807) is 25.6 Å². The van der Waals surface area contributed by atoms with Gasteiger partial charge in [0, 0.05) is 15.2 Å². The Morgan fingerprint density at radius 1 is 1.14 bits per heavy atom. The van der Waals surface area contributed by atoms with Gasteiger partial charge in [0.2, 0.25) is 0 Å². The summed E-state index contributed by atoms with van der Waals surface area (Å²) in [6.45, 7) is 3.94. The third-order valence-electron chi connectivity index (χ3n) is 3.29. The Morgan fingerprint density at radius 3 is 2.64 bits per heavy atom. The highest BCUT2D eigenvalue weighted by molar-refractivity contribution is 7.99. The monoisotopic (exact) mass is 312 g/mol. The van der Waals surface area contributed by atoms with E-state index in [4.69, 9.17) is 9.15 Å². The zero-order valence-corrected chi connectivity index (χ0v) is 13.3. The van der Waals surface area contributed by atoms with Crippen LogP contribution in [0, 0.1) is 6.92 Å². The molecule has 0 aliphatic heterocycles. The lowest BCUT2D eigenvalue weighted by atomic mass is 10.1. The molecule has 0 saturated carbocycles. The van der Waals surface area contributed by atoms with Crippen molar-refractivity contribution in [1.82, 2.24) is 0 Å². The lowest BCUT2D eigenvalue weighted by molar-refractivity contribution is 0.0526. The molecule has 0 spiro atoms. The van der Waals surface area contributed by atoms with Gasteiger partial charge in [-0.1, -0.05) is 30.0 Å². The minimum atomic E-state index is -0.333. The van der Waals surface area contributed by atoms with Crippen LogP contribution in [0.5, 0.6) is 0 Å². The molecule has 0 amide bonds. The predicted molar refractivity (Wildman–Crippen MR) is 87.5 cm³/mol. The summed E-state index contributed by atoms with van der Waals surface area (Å²) in [6, 6.07) is 16.0. The highest BCUT2D eigenvalue weighted by atomic mass is 32.2. The second-order valence-electron chi connectivity index (χ2n) is 4.83. The van der Waals surface area contributed by atoms with Gasteiger partial charge in [0.25, 0.3) is 0 Å². The summed E-state index contributed by atoms with van der Waals surface area (Å²) in [5, 5.41) is 0.803. The van der Waals surface area contributed by atoms with Gasteiger partial charge in [0.1, 0.15) is 16.9 Å². The average molecular weight is 312 g/mol. The van der Waals surface area contributed by atoms with Crippen LogP contribution in [0.3, 0.4) is 0 Å². The number of fused-ring (bicyclic) bond motifs is 1. The van der Waals surface area contributed by atoms with Crippen LogP contribution in [-0.4, -0.2) is 12.6 Å². The molecule has 3 rings (SSSR count). The fourth-order valence-electron chi connectivity index (χ4n) is 2.34. The van der Waals surface area contributed by atoms with Gasteiger partial charge in [-0.2, -0.15) is 0 Å². The van der Waals surface area contributed by atoms with Crippen molar-refractivity contribution in [3.05, 3.63) is 59.9 Å². The fourth-order valence-corrected chi connectivity index (χ4v) is 3.22. The van der Waals surface area contributed by atoms with Crippen LogP contribution in [0.1, 0.15) is 23.0 Å². The summed E-state index contributed by atoms with van der Waals surface area (Å²) in [5.41, 5.74) is 1.23. The van der Waals surface area contributed by atoms with Gasteiger partial charge in [0.05, 0.1) is 6.61 Å². The molecule has 22 heavy (non-hydrogen) atoms. The van der Waals surface area contributed by atoms with Crippen molar-refractivity contribution in [3.63, 3.8) is 0 Å². The molecule has 0 aliphatic carbocycles. The van der Waals surface area contributed by atoms with Crippen molar-refractivity contribution in [2.75, 3.05) is 6.61 Å². The van der Waals surface area contributed by atoms with Crippen molar-refractivity contribution < 1.29 is 13.9 Å². The summed E-state index contributed by atoms with van der Waals surface area (Å²) < 4.78 is 10.8. The van der Waals surface area contributed by atoms with Crippen molar-refractivity contribution in [1.29, 1.82) is 0 Å². The number of ether oxygens (including phenoxy) is 1. The van der Waals surface area contributed by atoms with E-state index in [1.165, 1.54) is 0 Å². The SMILES string of the molecule is CCOC(=O)c1c(C)oc2ccc(Sc3ccccc3)cc12. The maximum absolute atomic E-state index is 12.1. The first-order valence-electron chi connectivity index (χ1n) is 7.12. The summed E-state index contributed by atoms with van der Waals surface area (Å²) in [5.74, 6) is 0.260. The predicted octanol–water partition coefficient (Wildman–Crippen LogP) is 5.07. The highest BCUT2D eigenvalue weighted by Gasteiger charge is 2.19. The molecule has 0 saturated heterocycles. The van der Waals surface area contributed by atoms with E-state index in [1.807, 2.05) is 36.4 Å². The zero-order valence-electron chi connectivity index (χ0n) is 12.5. The molecule has 3 aromatic rings. The molecule has 112 valence electrons. The smallest absolute Gasteiger partial charge is 0.342 e. The molecule has 0 N–H and O–H groups in total. The summed E-state index contributed by atoms with van der Waals surface area (Å²) >= 11 is 1.65. The molecule has 1 heterocycles. The quantitative estimate of drug-likeness (QED) is 0.631. The number of rotatable bonds is 4. The van der Waals surface area contributed by atoms with E-state index in [0.29, 0.717) is 23.5 Å². The lowest BCUT2D eigenvalue weighted by Crippen LogP contribution is -2.05. The minimum absolute atomic E-state index is 0.333. The molecule has 0 unspecified atom stereocenters. The standard InChI is InChI=1S/C18H16O3S/c1-3-20-18(19)17-12(2)21-16-10-9-14(11-15(16)17)22-13-7-5-4-6-8-13/h4-11H,3H2,1-2H3. The van der Waals surface area contributed by atoms with Crippen LogP contribution in [0.15, 0.2) is 62.7 Å². The maximum Gasteiger partial charge on any atom is 0.342 e. The van der Waals surface area contributed by atoms with Crippen LogP contribution >= 0.6 is 11.8 Å². The van der Waals surface area contributed by atoms with Gasteiger partial charge >= 0.3 is 5.97 Å². The number of carbonyl (C=O) groups is 1. The van der Waals surface area contributed by atoms with E-state index in [0.717, 1.165) is 15.2 Å². The van der Waals surface area contributed by atoms with Crippen molar-refractivity contribution in [3.8, 4) is 0 Å². The number of carbonyl (C=O) groups excluding carboxylic acids is 1. The summed E-state index contributed by atoms with van der Waals surface area (Å²) in [7, 11) is 0. The molecular weight excluding hydrogens is 296 g/mol. The van der Waals surface area contributed by atoms with E-state index >= 15 is 0 Å². The van der Waals surface area contributed by atoms with Crippen molar-refractivity contribution >= 4 is 28.7 Å². The molecule has 0 fully saturated rings. The third kappa shape index (κ3) is 2.88.